The molecule has 0 aromatic carbocycles. The van der Waals surface area contributed by atoms with Crippen molar-refractivity contribution in [1.29, 1.82) is 0 Å². The van der Waals surface area contributed by atoms with Crippen LogP contribution in [0.15, 0.2) is 6.33 Å². The highest BCUT2D eigenvalue weighted by atomic mass is 16.4. The van der Waals surface area contributed by atoms with Gasteiger partial charge in [-0.1, -0.05) is 0 Å². The Hall–Kier alpha value is -1.72. The summed E-state index contributed by atoms with van der Waals surface area (Å²) < 4.78 is 0. The first-order valence-corrected chi connectivity index (χ1v) is 2.31. The molecule has 0 spiro atoms. The van der Waals surface area contributed by atoms with E-state index in [4.69, 9.17) is 10.2 Å². The molecule has 0 radical (unpaired) electrons. The van der Waals surface area contributed by atoms with Crippen LogP contribution in [0.25, 0.3) is 0 Å². The van der Waals surface area contributed by atoms with Gasteiger partial charge in [-0.15, -0.1) is 0 Å². The number of rotatable bonds is 1. The van der Waals surface area contributed by atoms with Crippen molar-refractivity contribution in [1.82, 2.24) is 15.0 Å². The Kier molecular flexibility index (Phi) is 1.44. The van der Waals surface area contributed by atoms with Crippen LogP contribution in [0.2, 0.25) is 0 Å². The number of carboxylic acid groups (broad SMARTS) is 1. The topological polar surface area (TPSA) is 96.2 Å². The summed E-state index contributed by atoms with van der Waals surface area (Å²) in [6.07, 6.45) is 0.922. The molecule has 0 aliphatic rings. The summed E-state index contributed by atoms with van der Waals surface area (Å²) in [6, 6.07) is -0.590. The standard InChI is InChI=1S/C4H3N3O3/c8-3(9)2-5-1-6-4(10)7-2/h1H,(H,8,9)(H,5,6,7,10). The number of aromatic carboxylic acids is 1. The molecule has 1 rings (SSSR count). The highest BCUT2D eigenvalue weighted by Gasteiger charge is 2.05. The number of hydrogen-bond donors (Lipinski definition) is 2. The molecule has 6 nitrogen and oxygen atoms in total. The van der Waals surface area contributed by atoms with Gasteiger partial charge in [0.25, 0.3) is 0 Å². The van der Waals surface area contributed by atoms with Gasteiger partial charge in [0.15, 0.2) is 0 Å². The molecule has 0 atom stereocenters. The van der Waals surface area contributed by atoms with Crippen molar-refractivity contribution < 1.29 is 15.0 Å². The maximum atomic E-state index is 10.1. The monoisotopic (exact) mass is 141 g/mol. The molecular weight excluding hydrogens is 138 g/mol. The first-order valence-electron chi connectivity index (χ1n) is 2.31. The molecule has 0 saturated carbocycles. The van der Waals surface area contributed by atoms with Crippen molar-refractivity contribution in [2.24, 2.45) is 0 Å². The predicted octanol–water partition coefficient (Wildman–Crippen LogP) is -0.725. The first kappa shape index (κ1) is 6.40. The summed E-state index contributed by atoms with van der Waals surface area (Å²) in [5.41, 5.74) is 0. The zero-order valence-electron chi connectivity index (χ0n) is 4.72. The van der Waals surface area contributed by atoms with Gasteiger partial charge in [0, 0.05) is 0 Å². The van der Waals surface area contributed by atoms with Crippen molar-refractivity contribution in [3.05, 3.63) is 12.2 Å². The highest BCUT2D eigenvalue weighted by molar-refractivity contribution is 5.82. The average Bonchev–Trinajstić information content (AvgIpc) is 1.88. The normalized spacial score (nSPS) is 9.20. The molecule has 0 aliphatic carbocycles. The minimum Gasteiger partial charge on any atom is -0.479 e. The zero-order valence-corrected chi connectivity index (χ0v) is 4.72. The van der Waals surface area contributed by atoms with E-state index in [-0.39, 0.29) is 0 Å². The summed E-state index contributed by atoms with van der Waals surface area (Å²) in [5.74, 6) is -1.76. The molecule has 0 unspecified atom stereocenters. The van der Waals surface area contributed by atoms with Crippen LogP contribution in [-0.2, 0) is 0 Å². The third-order valence-corrected chi connectivity index (χ3v) is 0.750. The second kappa shape index (κ2) is 2.26. The summed E-state index contributed by atoms with van der Waals surface area (Å²) in [5, 5.41) is 16.8. The van der Waals surface area contributed by atoms with E-state index in [0.29, 0.717) is 0 Å². The van der Waals surface area contributed by atoms with Crippen LogP contribution in [0.1, 0.15) is 10.6 Å². The van der Waals surface area contributed by atoms with Crippen molar-refractivity contribution in [3.8, 4) is 6.01 Å². The lowest BCUT2D eigenvalue weighted by Gasteiger charge is -1.89. The van der Waals surface area contributed by atoms with Crippen molar-refractivity contribution in [2.75, 3.05) is 0 Å². The van der Waals surface area contributed by atoms with Crippen LogP contribution in [0.4, 0.5) is 0 Å². The summed E-state index contributed by atoms with van der Waals surface area (Å²) >= 11 is 0. The van der Waals surface area contributed by atoms with Gasteiger partial charge in [-0.3, -0.25) is 0 Å². The molecule has 2 N–H and O–H groups in total. The lowest BCUT2D eigenvalue weighted by molar-refractivity contribution is 0.0681. The Morgan fingerprint density at radius 2 is 2.20 bits per heavy atom. The van der Waals surface area contributed by atoms with Gasteiger partial charge in [-0.05, 0) is 0 Å². The molecule has 52 valence electrons. The van der Waals surface area contributed by atoms with E-state index >= 15 is 0 Å². The number of carboxylic acids is 1. The number of nitrogens with zero attached hydrogens (tertiary/aromatic N) is 3. The Morgan fingerprint density at radius 3 is 2.60 bits per heavy atom. The summed E-state index contributed by atoms with van der Waals surface area (Å²) in [4.78, 5) is 19.6. The van der Waals surface area contributed by atoms with E-state index in [0.717, 1.165) is 6.33 Å². The summed E-state index contributed by atoms with van der Waals surface area (Å²) in [6.45, 7) is 0. The van der Waals surface area contributed by atoms with Gasteiger partial charge in [-0.25, -0.2) is 9.78 Å². The van der Waals surface area contributed by atoms with E-state index in [9.17, 15) is 4.79 Å². The third-order valence-electron chi connectivity index (χ3n) is 0.750. The van der Waals surface area contributed by atoms with E-state index in [1.165, 1.54) is 0 Å². The molecule has 1 aromatic heterocycles. The second-order valence-corrected chi connectivity index (χ2v) is 1.41. The van der Waals surface area contributed by atoms with Crippen LogP contribution in [0.5, 0.6) is 6.01 Å². The van der Waals surface area contributed by atoms with E-state index < -0.39 is 17.8 Å². The van der Waals surface area contributed by atoms with Crippen LogP contribution in [-0.4, -0.2) is 31.1 Å². The molecule has 1 aromatic rings. The smallest absolute Gasteiger partial charge is 0.374 e. The Balaban J connectivity index is 3.07. The zero-order chi connectivity index (χ0) is 7.56. The number of aromatic nitrogens is 3. The number of aromatic hydroxyl groups is 1. The fourth-order valence-electron chi connectivity index (χ4n) is 0.391. The molecule has 0 amide bonds. The minimum absolute atomic E-state index is 0.465. The van der Waals surface area contributed by atoms with Crippen LogP contribution in [0.3, 0.4) is 0 Å². The van der Waals surface area contributed by atoms with E-state index in [1.54, 1.807) is 0 Å². The Bertz CT molecular complexity index is 262. The molecule has 6 heteroatoms. The van der Waals surface area contributed by atoms with Crippen molar-refractivity contribution >= 4 is 5.97 Å². The molecule has 0 aliphatic heterocycles. The SMILES string of the molecule is O=C(O)c1ncnc(O)n1. The Morgan fingerprint density at radius 1 is 1.50 bits per heavy atom. The van der Waals surface area contributed by atoms with Gasteiger partial charge in [0.05, 0.1) is 0 Å². The second-order valence-electron chi connectivity index (χ2n) is 1.41. The van der Waals surface area contributed by atoms with Crippen molar-refractivity contribution in [3.63, 3.8) is 0 Å². The van der Waals surface area contributed by atoms with Gasteiger partial charge in [0.2, 0.25) is 5.82 Å². The van der Waals surface area contributed by atoms with Gasteiger partial charge in [0.1, 0.15) is 6.33 Å². The average molecular weight is 141 g/mol. The lowest BCUT2D eigenvalue weighted by Crippen LogP contribution is -2.03. The molecule has 0 fully saturated rings. The maximum Gasteiger partial charge on any atom is 0.374 e. The largest absolute Gasteiger partial charge is 0.479 e. The third kappa shape index (κ3) is 1.16. The molecular formula is C4H3N3O3. The minimum atomic E-state index is -1.29. The van der Waals surface area contributed by atoms with Crippen LogP contribution >= 0.6 is 0 Å². The van der Waals surface area contributed by atoms with Crippen LogP contribution < -0.4 is 0 Å². The van der Waals surface area contributed by atoms with Gasteiger partial charge >= 0.3 is 12.0 Å². The molecule has 0 saturated heterocycles. The lowest BCUT2D eigenvalue weighted by atomic mass is 10.6. The highest BCUT2D eigenvalue weighted by Crippen LogP contribution is 1.94. The molecule has 10 heavy (non-hydrogen) atoms. The fraction of sp³-hybridized carbons (Fsp3) is 0. The van der Waals surface area contributed by atoms with Gasteiger partial charge < -0.3 is 10.2 Å². The van der Waals surface area contributed by atoms with Gasteiger partial charge in [-0.2, -0.15) is 9.97 Å². The fourth-order valence-corrected chi connectivity index (χ4v) is 0.391. The molecule has 1 heterocycles. The van der Waals surface area contributed by atoms with Crippen LogP contribution in [0, 0.1) is 0 Å². The quantitative estimate of drug-likeness (QED) is 0.535. The maximum absolute atomic E-state index is 10.1. The Labute approximate surface area is 55.2 Å². The predicted molar refractivity (Wildman–Crippen MR) is 28.5 cm³/mol. The molecule has 0 bridgehead atoms. The summed E-state index contributed by atoms with van der Waals surface area (Å²) in [7, 11) is 0. The first-order chi connectivity index (χ1) is 4.70. The van der Waals surface area contributed by atoms with E-state index in [1.807, 2.05) is 0 Å². The van der Waals surface area contributed by atoms with Crippen molar-refractivity contribution in [2.45, 2.75) is 0 Å². The number of hydrogen-bond acceptors (Lipinski definition) is 5. The number of carbonyl (C=O) groups is 1. The van der Waals surface area contributed by atoms with E-state index in [2.05, 4.69) is 15.0 Å².